The standard InChI is InChI=1S/C30H32ClN5O2/c1-21-14-16-23(17-15-21)32-29(38)35(19-22-10-6-5-7-11-22)20-28(37)33-27-18-26(30(2,3)4)34-36(27)25-13-9-8-12-24(25)31/h5-18H,19-20H2,1-4H3,(H,32,38)(H,33,37). The third kappa shape index (κ3) is 6.81. The monoisotopic (exact) mass is 529 g/mol. The van der Waals surface area contributed by atoms with Crippen LogP contribution in [0.1, 0.15) is 37.6 Å². The number of rotatable bonds is 7. The van der Waals surface area contributed by atoms with Crippen molar-refractivity contribution in [3.63, 3.8) is 0 Å². The number of nitrogens with one attached hydrogen (secondary N) is 2. The number of aryl methyl sites for hydroxylation is 1. The highest BCUT2D eigenvalue weighted by Crippen LogP contribution is 2.29. The Labute approximate surface area is 228 Å². The second kappa shape index (κ2) is 11.5. The maximum atomic E-state index is 13.3. The van der Waals surface area contributed by atoms with Gasteiger partial charge in [-0.15, -0.1) is 0 Å². The molecule has 38 heavy (non-hydrogen) atoms. The number of amides is 3. The number of carbonyl (C=O) groups excluding carboxylic acids is 2. The average Bonchev–Trinajstić information content (AvgIpc) is 3.30. The average molecular weight is 530 g/mol. The molecule has 8 heteroatoms. The zero-order valence-electron chi connectivity index (χ0n) is 22.0. The van der Waals surface area contributed by atoms with Gasteiger partial charge >= 0.3 is 6.03 Å². The molecule has 2 N–H and O–H groups in total. The van der Waals surface area contributed by atoms with E-state index in [4.69, 9.17) is 16.7 Å². The Hall–Kier alpha value is -4.10. The summed E-state index contributed by atoms with van der Waals surface area (Å²) in [6, 6.07) is 25.9. The Morgan fingerprint density at radius 3 is 2.24 bits per heavy atom. The van der Waals surface area contributed by atoms with Gasteiger partial charge in [0.25, 0.3) is 0 Å². The first kappa shape index (κ1) is 26.9. The van der Waals surface area contributed by atoms with E-state index in [1.807, 2.05) is 85.8 Å². The van der Waals surface area contributed by atoms with E-state index >= 15 is 0 Å². The van der Waals surface area contributed by atoms with Crippen molar-refractivity contribution in [2.45, 2.75) is 39.7 Å². The van der Waals surface area contributed by atoms with E-state index in [0.717, 1.165) is 16.8 Å². The molecule has 0 aliphatic rings. The van der Waals surface area contributed by atoms with Crippen LogP contribution in [0.2, 0.25) is 5.02 Å². The SMILES string of the molecule is Cc1ccc(NC(=O)N(CC(=O)Nc2cc(C(C)(C)C)nn2-c2ccccc2Cl)Cc2ccccc2)cc1. The smallest absolute Gasteiger partial charge is 0.311 e. The molecule has 7 nitrogen and oxygen atoms in total. The number of benzene rings is 3. The Bertz CT molecular complexity index is 1410. The van der Waals surface area contributed by atoms with Gasteiger partial charge in [0.2, 0.25) is 5.91 Å². The van der Waals surface area contributed by atoms with Crippen molar-refractivity contribution < 1.29 is 9.59 Å². The Morgan fingerprint density at radius 2 is 1.58 bits per heavy atom. The van der Waals surface area contributed by atoms with Crippen LogP contribution in [0.25, 0.3) is 5.69 Å². The lowest BCUT2D eigenvalue weighted by molar-refractivity contribution is -0.116. The third-order valence-electron chi connectivity index (χ3n) is 5.97. The first-order valence-electron chi connectivity index (χ1n) is 12.4. The van der Waals surface area contributed by atoms with Gasteiger partial charge in [-0.2, -0.15) is 5.10 Å². The first-order chi connectivity index (χ1) is 18.1. The Balaban J connectivity index is 1.58. The molecule has 196 valence electrons. The number of anilines is 2. The van der Waals surface area contributed by atoms with Gasteiger partial charge in [0.1, 0.15) is 12.4 Å². The van der Waals surface area contributed by atoms with E-state index in [9.17, 15) is 9.59 Å². The van der Waals surface area contributed by atoms with Crippen LogP contribution in [-0.4, -0.2) is 33.2 Å². The van der Waals surface area contributed by atoms with Gasteiger partial charge in [0.05, 0.1) is 16.4 Å². The van der Waals surface area contributed by atoms with Crippen LogP contribution in [-0.2, 0) is 16.8 Å². The second-order valence-corrected chi connectivity index (χ2v) is 10.6. The summed E-state index contributed by atoms with van der Waals surface area (Å²) in [6.07, 6.45) is 0. The highest BCUT2D eigenvalue weighted by Gasteiger charge is 2.24. The molecule has 3 aromatic carbocycles. The molecule has 0 radical (unpaired) electrons. The molecule has 0 saturated carbocycles. The third-order valence-corrected chi connectivity index (χ3v) is 6.29. The van der Waals surface area contributed by atoms with Crippen LogP contribution >= 0.6 is 11.6 Å². The molecule has 0 spiro atoms. The molecule has 0 unspecified atom stereocenters. The molecule has 0 atom stereocenters. The van der Waals surface area contributed by atoms with E-state index in [1.165, 1.54) is 4.90 Å². The first-order valence-corrected chi connectivity index (χ1v) is 12.8. The molecule has 0 bridgehead atoms. The van der Waals surface area contributed by atoms with Crippen LogP contribution in [0.5, 0.6) is 0 Å². The minimum Gasteiger partial charge on any atom is -0.311 e. The lowest BCUT2D eigenvalue weighted by atomic mass is 9.92. The quantitative estimate of drug-likeness (QED) is 0.276. The summed E-state index contributed by atoms with van der Waals surface area (Å²) >= 11 is 6.46. The highest BCUT2D eigenvalue weighted by atomic mass is 35.5. The maximum Gasteiger partial charge on any atom is 0.322 e. The summed E-state index contributed by atoms with van der Waals surface area (Å²) in [5, 5.41) is 11.1. The maximum absolute atomic E-state index is 13.3. The van der Waals surface area contributed by atoms with Crippen LogP contribution < -0.4 is 10.6 Å². The number of hydrogen-bond acceptors (Lipinski definition) is 3. The lowest BCUT2D eigenvalue weighted by Crippen LogP contribution is -2.40. The fourth-order valence-electron chi connectivity index (χ4n) is 3.84. The van der Waals surface area contributed by atoms with Crippen molar-refractivity contribution in [3.05, 3.63) is 107 Å². The van der Waals surface area contributed by atoms with Gasteiger partial charge in [0.15, 0.2) is 0 Å². The second-order valence-electron chi connectivity index (χ2n) is 10.2. The highest BCUT2D eigenvalue weighted by molar-refractivity contribution is 6.32. The summed E-state index contributed by atoms with van der Waals surface area (Å²) in [7, 11) is 0. The van der Waals surface area contributed by atoms with Gasteiger partial charge in [-0.25, -0.2) is 9.48 Å². The fraction of sp³-hybridized carbons (Fsp3) is 0.233. The molecule has 1 heterocycles. The molecular weight excluding hydrogens is 498 g/mol. The van der Waals surface area contributed by atoms with Crippen molar-refractivity contribution in [2.75, 3.05) is 17.2 Å². The molecule has 0 fully saturated rings. The van der Waals surface area contributed by atoms with Crippen molar-refractivity contribution in [1.29, 1.82) is 0 Å². The normalized spacial score (nSPS) is 11.2. The Kier molecular flexibility index (Phi) is 8.17. The summed E-state index contributed by atoms with van der Waals surface area (Å²) in [5.74, 6) is 0.125. The predicted molar refractivity (Wildman–Crippen MR) is 153 cm³/mol. The summed E-state index contributed by atoms with van der Waals surface area (Å²) in [6.45, 7) is 8.24. The van der Waals surface area contributed by atoms with E-state index < -0.39 is 0 Å². The number of para-hydroxylation sites is 1. The molecule has 4 aromatic rings. The van der Waals surface area contributed by atoms with Crippen LogP contribution in [0.15, 0.2) is 84.9 Å². The van der Waals surface area contributed by atoms with Crippen LogP contribution in [0.4, 0.5) is 16.3 Å². The lowest BCUT2D eigenvalue weighted by Gasteiger charge is -2.23. The number of hydrogen-bond donors (Lipinski definition) is 2. The number of aromatic nitrogens is 2. The van der Waals surface area contributed by atoms with E-state index in [-0.39, 0.29) is 30.4 Å². The topological polar surface area (TPSA) is 79.3 Å². The Morgan fingerprint density at radius 1 is 0.921 bits per heavy atom. The minimum absolute atomic E-state index is 0.162. The van der Waals surface area contributed by atoms with Gasteiger partial charge in [-0.05, 0) is 36.8 Å². The largest absolute Gasteiger partial charge is 0.322 e. The summed E-state index contributed by atoms with van der Waals surface area (Å²) in [5.41, 5.74) is 3.86. The van der Waals surface area contributed by atoms with Crippen molar-refractivity contribution >= 4 is 35.0 Å². The van der Waals surface area contributed by atoms with Gasteiger partial charge in [0, 0.05) is 23.7 Å². The van der Waals surface area contributed by atoms with E-state index in [0.29, 0.717) is 22.2 Å². The fourth-order valence-corrected chi connectivity index (χ4v) is 4.06. The molecular formula is C30H32ClN5O2. The summed E-state index contributed by atoms with van der Waals surface area (Å²) < 4.78 is 1.63. The molecule has 0 saturated heterocycles. The molecule has 0 aliphatic heterocycles. The minimum atomic E-state index is -0.372. The van der Waals surface area contributed by atoms with E-state index in [2.05, 4.69) is 31.4 Å². The van der Waals surface area contributed by atoms with Gasteiger partial charge in [-0.1, -0.05) is 92.5 Å². The molecule has 3 amide bonds. The number of nitrogens with zero attached hydrogens (tertiary/aromatic N) is 3. The van der Waals surface area contributed by atoms with Crippen molar-refractivity contribution in [1.82, 2.24) is 14.7 Å². The molecule has 0 aliphatic carbocycles. The number of urea groups is 1. The molecule has 4 rings (SSSR count). The van der Waals surface area contributed by atoms with Crippen LogP contribution in [0.3, 0.4) is 0 Å². The number of carbonyl (C=O) groups is 2. The predicted octanol–water partition coefficient (Wildman–Crippen LogP) is 6.80. The summed E-state index contributed by atoms with van der Waals surface area (Å²) in [4.78, 5) is 28.1. The van der Waals surface area contributed by atoms with E-state index in [1.54, 1.807) is 10.7 Å². The number of halogens is 1. The van der Waals surface area contributed by atoms with Crippen molar-refractivity contribution in [2.24, 2.45) is 0 Å². The zero-order valence-corrected chi connectivity index (χ0v) is 22.8. The van der Waals surface area contributed by atoms with Gasteiger partial charge in [-0.3, -0.25) is 4.79 Å². The van der Waals surface area contributed by atoms with Crippen LogP contribution in [0, 0.1) is 6.92 Å². The zero-order chi connectivity index (χ0) is 27.3. The van der Waals surface area contributed by atoms with Crippen molar-refractivity contribution in [3.8, 4) is 5.69 Å². The molecule has 1 aromatic heterocycles. The van der Waals surface area contributed by atoms with Gasteiger partial charge < -0.3 is 15.5 Å².